The van der Waals surface area contributed by atoms with Gasteiger partial charge in [0.2, 0.25) is 0 Å². The Hall–Kier alpha value is -4.00. The first-order chi connectivity index (χ1) is 13.7. The highest BCUT2D eigenvalue weighted by Crippen LogP contribution is 2.28. The Bertz CT molecular complexity index is 1320. The third-order valence-corrected chi connectivity index (χ3v) is 4.48. The maximum atomic E-state index is 13.1. The first kappa shape index (κ1) is 16.2. The average Bonchev–Trinajstić information content (AvgIpc) is 3.38. The molecule has 28 heavy (non-hydrogen) atoms. The van der Waals surface area contributed by atoms with Crippen LogP contribution in [0, 0.1) is 6.92 Å². The van der Waals surface area contributed by atoms with Gasteiger partial charge in [0, 0.05) is 5.39 Å². The molecule has 0 saturated heterocycles. The fourth-order valence-electron chi connectivity index (χ4n) is 3.16. The number of para-hydroxylation sites is 1. The largest absolute Gasteiger partial charge is 0.463 e. The van der Waals surface area contributed by atoms with Gasteiger partial charge in [-0.1, -0.05) is 23.4 Å². The van der Waals surface area contributed by atoms with Crippen LogP contribution < -0.4 is 5.32 Å². The molecular formula is C21H14N4O3. The van der Waals surface area contributed by atoms with E-state index in [0.29, 0.717) is 33.8 Å². The molecule has 0 bridgehead atoms. The molecule has 0 aliphatic carbocycles. The third-order valence-electron chi connectivity index (χ3n) is 4.48. The lowest BCUT2D eigenvalue weighted by molar-refractivity contribution is 0.102. The summed E-state index contributed by atoms with van der Waals surface area (Å²) in [6.45, 7) is 1.77. The number of carbonyl (C=O) groups excluding carboxylic acids is 1. The van der Waals surface area contributed by atoms with Crippen LogP contribution in [0.15, 0.2) is 69.9 Å². The van der Waals surface area contributed by atoms with E-state index in [-0.39, 0.29) is 11.6 Å². The molecule has 1 N–H and O–H groups in total. The highest BCUT2D eigenvalue weighted by molar-refractivity contribution is 6.13. The van der Waals surface area contributed by atoms with Crippen molar-refractivity contribution in [1.29, 1.82) is 0 Å². The number of fused-ring (bicyclic) bond motifs is 2. The quantitative estimate of drug-likeness (QED) is 0.499. The lowest BCUT2D eigenvalue weighted by atomic mass is 10.1. The number of aryl methyl sites for hydroxylation is 1. The monoisotopic (exact) mass is 370 g/mol. The molecule has 0 saturated carbocycles. The van der Waals surface area contributed by atoms with Gasteiger partial charge >= 0.3 is 0 Å². The molecule has 0 radical (unpaired) electrons. The Labute approximate surface area is 159 Å². The minimum atomic E-state index is -0.302. The van der Waals surface area contributed by atoms with Crippen molar-refractivity contribution >= 4 is 33.6 Å². The van der Waals surface area contributed by atoms with Gasteiger partial charge in [-0.05, 0) is 37.3 Å². The molecule has 0 aliphatic heterocycles. The van der Waals surface area contributed by atoms with Gasteiger partial charge in [-0.25, -0.2) is 4.98 Å². The number of benzene rings is 1. The van der Waals surface area contributed by atoms with Crippen LogP contribution in [0.25, 0.3) is 33.5 Å². The zero-order valence-electron chi connectivity index (χ0n) is 14.8. The predicted molar refractivity (Wildman–Crippen MR) is 104 cm³/mol. The van der Waals surface area contributed by atoms with Gasteiger partial charge in [0.15, 0.2) is 5.76 Å². The van der Waals surface area contributed by atoms with Gasteiger partial charge in [0.1, 0.15) is 5.69 Å². The number of amides is 1. The number of hydrogen-bond donors (Lipinski definition) is 1. The number of hydrogen-bond acceptors (Lipinski definition) is 6. The third kappa shape index (κ3) is 2.69. The molecule has 0 atom stereocenters. The molecule has 4 heterocycles. The number of nitrogens with one attached hydrogen (secondary N) is 1. The summed E-state index contributed by atoms with van der Waals surface area (Å²) in [6.07, 6.45) is 3.18. The summed E-state index contributed by atoms with van der Waals surface area (Å²) in [6, 6.07) is 14.8. The number of aromatic nitrogens is 3. The van der Waals surface area contributed by atoms with Gasteiger partial charge < -0.3 is 14.3 Å². The first-order valence-corrected chi connectivity index (χ1v) is 8.66. The van der Waals surface area contributed by atoms with Gasteiger partial charge in [-0.15, -0.1) is 0 Å². The minimum absolute atomic E-state index is 0.285. The van der Waals surface area contributed by atoms with E-state index in [0.717, 1.165) is 10.9 Å². The Morgan fingerprint density at radius 1 is 1.11 bits per heavy atom. The summed E-state index contributed by atoms with van der Waals surface area (Å²) in [7, 11) is 0. The van der Waals surface area contributed by atoms with Gasteiger partial charge in [-0.3, -0.25) is 9.78 Å². The maximum absolute atomic E-state index is 13.1. The van der Waals surface area contributed by atoms with Gasteiger partial charge in [-0.2, -0.15) is 0 Å². The summed E-state index contributed by atoms with van der Waals surface area (Å²) in [5.74, 6) is 0.237. The summed E-state index contributed by atoms with van der Waals surface area (Å²) < 4.78 is 10.7. The number of rotatable bonds is 3. The number of nitrogens with zero attached hydrogens (tertiary/aromatic N) is 3. The van der Waals surface area contributed by atoms with Crippen LogP contribution in [0.5, 0.6) is 0 Å². The summed E-state index contributed by atoms with van der Waals surface area (Å²) in [5.41, 5.74) is 3.24. The highest BCUT2D eigenvalue weighted by Gasteiger charge is 2.20. The Balaban J connectivity index is 1.58. The first-order valence-electron chi connectivity index (χ1n) is 8.66. The zero-order valence-corrected chi connectivity index (χ0v) is 14.8. The predicted octanol–water partition coefficient (Wildman–Crippen LogP) is 4.59. The fraction of sp³-hybridized carbons (Fsp3) is 0.0476. The molecule has 5 aromatic rings. The number of pyridine rings is 2. The second-order valence-electron chi connectivity index (χ2n) is 6.35. The van der Waals surface area contributed by atoms with E-state index in [4.69, 9.17) is 8.94 Å². The Morgan fingerprint density at radius 3 is 2.86 bits per heavy atom. The Morgan fingerprint density at radius 2 is 2.00 bits per heavy atom. The van der Waals surface area contributed by atoms with E-state index in [9.17, 15) is 4.79 Å². The van der Waals surface area contributed by atoms with Crippen molar-refractivity contribution in [1.82, 2.24) is 15.1 Å². The number of carbonyl (C=O) groups is 1. The molecule has 0 aliphatic rings. The molecule has 0 unspecified atom stereocenters. The van der Waals surface area contributed by atoms with E-state index < -0.39 is 0 Å². The second-order valence-corrected chi connectivity index (χ2v) is 6.35. The summed E-state index contributed by atoms with van der Waals surface area (Å²) >= 11 is 0. The van der Waals surface area contributed by atoms with Crippen LogP contribution in [0.2, 0.25) is 0 Å². The van der Waals surface area contributed by atoms with E-state index in [2.05, 4.69) is 20.4 Å². The summed E-state index contributed by atoms with van der Waals surface area (Å²) in [5, 5.41) is 8.36. The second kappa shape index (κ2) is 6.31. The van der Waals surface area contributed by atoms with Crippen LogP contribution in [0.1, 0.15) is 16.1 Å². The maximum Gasteiger partial charge on any atom is 0.259 e. The van der Waals surface area contributed by atoms with Crippen molar-refractivity contribution in [3.63, 3.8) is 0 Å². The average molecular weight is 370 g/mol. The topological polar surface area (TPSA) is 94.0 Å². The molecule has 7 nitrogen and oxygen atoms in total. The normalized spacial score (nSPS) is 11.2. The molecule has 4 aromatic heterocycles. The van der Waals surface area contributed by atoms with Crippen molar-refractivity contribution in [3.05, 3.63) is 72.2 Å². The van der Waals surface area contributed by atoms with E-state index in [1.165, 1.54) is 0 Å². The molecule has 136 valence electrons. The molecule has 7 heteroatoms. The van der Waals surface area contributed by atoms with Crippen molar-refractivity contribution in [2.45, 2.75) is 6.92 Å². The molecule has 0 spiro atoms. The van der Waals surface area contributed by atoms with Gasteiger partial charge in [0.05, 0.1) is 40.3 Å². The SMILES string of the molecule is Cc1noc2nc(-c3ccco3)cc(C(=O)Nc3cnc4ccccc4c3)c12. The van der Waals surface area contributed by atoms with Crippen molar-refractivity contribution in [2.24, 2.45) is 0 Å². The minimum Gasteiger partial charge on any atom is -0.463 e. The lowest BCUT2D eigenvalue weighted by Crippen LogP contribution is -2.13. The van der Waals surface area contributed by atoms with E-state index >= 15 is 0 Å². The summed E-state index contributed by atoms with van der Waals surface area (Å²) in [4.78, 5) is 21.9. The van der Waals surface area contributed by atoms with Crippen molar-refractivity contribution in [2.75, 3.05) is 5.32 Å². The zero-order chi connectivity index (χ0) is 19.1. The Kier molecular flexibility index (Phi) is 3.65. The van der Waals surface area contributed by atoms with Gasteiger partial charge in [0.25, 0.3) is 11.6 Å². The van der Waals surface area contributed by atoms with Crippen LogP contribution in [0.4, 0.5) is 5.69 Å². The molecule has 1 amide bonds. The molecule has 1 aromatic carbocycles. The fourth-order valence-corrected chi connectivity index (χ4v) is 3.16. The molecule has 0 fully saturated rings. The highest BCUT2D eigenvalue weighted by atomic mass is 16.5. The molecule has 5 rings (SSSR count). The van der Waals surface area contributed by atoms with Crippen molar-refractivity contribution in [3.8, 4) is 11.5 Å². The number of anilines is 1. The van der Waals surface area contributed by atoms with E-state index in [1.807, 2.05) is 30.3 Å². The van der Waals surface area contributed by atoms with Crippen molar-refractivity contribution < 1.29 is 13.7 Å². The standard InChI is InChI=1S/C21H14N4O3/c1-12-19-15(10-17(18-7-4-8-27-18)24-21(19)28-25-12)20(26)23-14-9-13-5-2-3-6-16(13)22-11-14/h2-11H,1H3,(H,23,26). The van der Waals surface area contributed by atoms with Crippen LogP contribution >= 0.6 is 0 Å². The van der Waals surface area contributed by atoms with Crippen LogP contribution in [0.3, 0.4) is 0 Å². The molecular weight excluding hydrogens is 356 g/mol. The smallest absolute Gasteiger partial charge is 0.259 e. The van der Waals surface area contributed by atoms with E-state index in [1.54, 1.807) is 37.6 Å². The number of furan rings is 1. The van der Waals surface area contributed by atoms with Crippen LogP contribution in [-0.2, 0) is 0 Å². The lowest BCUT2D eigenvalue weighted by Gasteiger charge is -2.08. The van der Waals surface area contributed by atoms with Crippen LogP contribution in [-0.4, -0.2) is 21.0 Å².